The van der Waals surface area contributed by atoms with Gasteiger partial charge in [-0.15, -0.1) is 0 Å². The van der Waals surface area contributed by atoms with Gasteiger partial charge in [-0.1, -0.05) is 31.1 Å². The molecule has 0 amide bonds. The van der Waals surface area contributed by atoms with Gasteiger partial charge in [0.1, 0.15) is 0 Å². The maximum Gasteiger partial charge on any atom is 0.0264 e. The molecule has 1 aliphatic rings. The van der Waals surface area contributed by atoms with Crippen LogP contribution in [0.15, 0.2) is 23.3 Å². The Morgan fingerprint density at radius 1 is 1.64 bits per heavy atom. The highest BCUT2D eigenvalue weighted by Crippen LogP contribution is 2.21. The molecule has 0 saturated heterocycles. The van der Waals surface area contributed by atoms with Crippen molar-refractivity contribution in [1.29, 1.82) is 0 Å². The van der Waals surface area contributed by atoms with Crippen LogP contribution in [-0.2, 0) is 0 Å². The molecule has 11 heavy (non-hydrogen) atoms. The molecule has 0 radical (unpaired) electrons. The SMILES string of the molecule is CCCC1=C(C)CC(N)C=C1. The van der Waals surface area contributed by atoms with Crippen LogP contribution in [0.3, 0.4) is 0 Å². The zero-order valence-electron chi connectivity index (χ0n) is 7.43. The number of hydrogen-bond acceptors (Lipinski definition) is 1. The molecule has 1 heteroatoms. The first-order chi connectivity index (χ1) is 5.24. The third-order valence-electron chi connectivity index (χ3n) is 2.15. The van der Waals surface area contributed by atoms with Gasteiger partial charge in [-0.2, -0.15) is 0 Å². The van der Waals surface area contributed by atoms with Gasteiger partial charge in [0.2, 0.25) is 0 Å². The first-order valence-electron chi connectivity index (χ1n) is 4.36. The molecule has 0 aromatic rings. The second kappa shape index (κ2) is 3.72. The molecule has 0 fully saturated rings. The molecule has 0 bridgehead atoms. The Balaban J connectivity index is 2.64. The normalized spacial score (nSPS) is 24.5. The van der Waals surface area contributed by atoms with E-state index in [0.717, 1.165) is 6.42 Å². The number of hydrogen-bond donors (Lipinski definition) is 1. The van der Waals surface area contributed by atoms with Crippen molar-refractivity contribution in [2.45, 2.75) is 39.2 Å². The highest BCUT2D eigenvalue weighted by atomic mass is 14.6. The molecule has 0 aromatic carbocycles. The van der Waals surface area contributed by atoms with Crippen molar-refractivity contribution in [3.05, 3.63) is 23.3 Å². The lowest BCUT2D eigenvalue weighted by molar-refractivity contribution is 0.762. The molecule has 1 nitrogen and oxygen atoms in total. The fourth-order valence-corrected chi connectivity index (χ4v) is 1.50. The van der Waals surface area contributed by atoms with Gasteiger partial charge in [-0.25, -0.2) is 0 Å². The lowest BCUT2D eigenvalue weighted by Gasteiger charge is -2.16. The molecule has 1 rings (SSSR count). The van der Waals surface area contributed by atoms with E-state index in [-0.39, 0.29) is 6.04 Å². The van der Waals surface area contributed by atoms with Crippen LogP contribution in [0.4, 0.5) is 0 Å². The summed E-state index contributed by atoms with van der Waals surface area (Å²) in [5, 5.41) is 0. The quantitative estimate of drug-likeness (QED) is 0.644. The molecule has 0 saturated carbocycles. The molecule has 1 aliphatic carbocycles. The second-order valence-corrected chi connectivity index (χ2v) is 3.28. The minimum Gasteiger partial charge on any atom is -0.324 e. The number of rotatable bonds is 2. The number of allylic oxidation sites excluding steroid dienone is 2. The van der Waals surface area contributed by atoms with Gasteiger partial charge < -0.3 is 5.73 Å². The largest absolute Gasteiger partial charge is 0.324 e. The summed E-state index contributed by atoms with van der Waals surface area (Å²) >= 11 is 0. The molecular weight excluding hydrogens is 134 g/mol. The van der Waals surface area contributed by atoms with Crippen LogP contribution < -0.4 is 5.73 Å². The van der Waals surface area contributed by atoms with Crippen molar-refractivity contribution < 1.29 is 0 Å². The summed E-state index contributed by atoms with van der Waals surface area (Å²) < 4.78 is 0. The van der Waals surface area contributed by atoms with Crippen LogP contribution >= 0.6 is 0 Å². The highest BCUT2D eigenvalue weighted by Gasteiger charge is 2.08. The topological polar surface area (TPSA) is 26.0 Å². The van der Waals surface area contributed by atoms with E-state index >= 15 is 0 Å². The Morgan fingerprint density at radius 2 is 2.36 bits per heavy atom. The van der Waals surface area contributed by atoms with Gasteiger partial charge in [0.05, 0.1) is 0 Å². The monoisotopic (exact) mass is 151 g/mol. The molecule has 1 atom stereocenters. The summed E-state index contributed by atoms with van der Waals surface area (Å²) in [4.78, 5) is 0. The standard InChI is InChI=1S/C10H17N/c1-3-4-9-5-6-10(11)7-8(9)2/h5-6,10H,3-4,7,11H2,1-2H3. The van der Waals surface area contributed by atoms with E-state index in [0.29, 0.717) is 0 Å². The van der Waals surface area contributed by atoms with Gasteiger partial charge in [-0.05, 0) is 25.3 Å². The first kappa shape index (κ1) is 8.54. The van der Waals surface area contributed by atoms with E-state index in [2.05, 4.69) is 26.0 Å². The van der Waals surface area contributed by atoms with Gasteiger partial charge in [0.15, 0.2) is 0 Å². The molecule has 0 heterocycles. The Labute approximate surface area is 69.0 Å². The van der Waals surface area contributed by atoms with Crippen LogP contribution in [-0.4, -0.2) is 6.04 Å². The molecule has 0 aromatic heterocycles. The van der Waals surface area contributed by atoms with Crippen molar-refractivity contribution in [2.24, 2.45) is 5.73 Å². The summed E-state index contributed by atoms with van der Waals surface area (Å²) in [6.45, 7) is 4.40. The summed E-state index contributed by atoms with van der Waals surface area (Å²) in [5.74, 6) is 0. The van der Waals surface area contributed by atoms with Crippen molar-refractivity contribution >= 4 is 0 Å². The first-order valence-corrected chi connectivity index (χ1v) is 4.36. The van der Waals surface area contributed by atoms with Gasteiger partial charge in [-0.3, -0.25) is 0 Å². The second-order valence-electron chi connectivity index (χ2n) is 3.28. The third kappa shape index (κ3) is 2.19. The smallest absolute Gasteiger partial charge is 0.0264 e. The van der Waals surface area contributed by atoms with Gasteiger partial charge in [0.25, 0.3) is 0 Å². The fraction of sp³-hybridized carbons (Fsp3) is 0.600. The average Bonchev–Trinajstić information content (AvgIpc) is 1.95. The van der Waals surface area contributed by atoms with E-state index in [1.807, 2.05) is 0 Å². The molecular formula is C10H17N. The van der Waals surface area contributed by atoms with E-state index in [9.17, 15) is 0 Å². The summed E-state index contributed by atoms with van der Waals surface area (Å²) in [6, 6.07) is 0.260. The zero-order chi connectivity index (χ0) is 8.27. The Hall–Kier alpha value is -0.560. The molecule has 0 spiro atoms. The molecule has 2 N–H and O–H groups in total. The van der Waals surface area contributed by atoms with Crippen LogP contribution in [0.25, 0.3) is 0 Å². The maximum atomic E-state index is 5.76. The minimum atomic E-state index is 0.260. The highest BCUT2D eigenvalue weighted by molar-refractivity contribution is 5.30. The van der Waals surface area contributed by atoms with Crippen molar-refractivity contribution in [3.63, 3.8) is 0 Å². The predicted octanol–water partition coefficient (Wildman–Crippen LogP) is 2.39. The Bertz CT molecular complexity index is 189. The maximum absolute atomic E-state index is 5.76. The van der Waals surface area contributed by atoms with Crippen molar-refractivity contribution in [1.82, 2.24) is 0 Å². The van der Waals surface area contributed by atoms with Crippen molar-refractivity contribution in [3.8, 4) is 0 Å². The average molecular weight is 151 g/mol. The lowest BCUT2D eigenvalue weighted by Crippen LogP contribution is -2.19. The number of nitrogens with two attached hydrogens (primary N) is 1. The van der Waals surface area contributed by atoms with Gasteiger partial charge >= 0.3 is 0 Å². The minimum absolute atomic E-state index is 0.260. The van der Waals surface area contributed by atoms with E-state index in [4.69, 9.17) is 5.73 Å². The molecule has 1 unspecified atom stereocenters. The van der Waals surface area contributed by atoms with E-state index in [1.165, 1.54) is 24.0 Å². The summed E-state index contributed by atoms with van der Waals surface area (Å²) in [7, 11) is 0. The van der Waals surface area contributed by atoms with E-state index in [1.54, 1.807) is 0 Å². The zero-order valence-corrected chi connectivity index (χ0v) is 7.43. The summed E-state index contributed by atoms with van der Waals surface area (Å²) in [5.41, 5.74) is 8.73. The Morgan fingerprint density at radius 3 is 2.91 bits per heavy atom. The van der Waals surface area contributed by atoms with Crippen LogP contribution in [0.5, 0.6) is 0 Å². The Kier molecular flexibility index (Phi) is 2.89. The van der Waals surface area contributed by atoms with Crippen LogP contribution in [0.1, 0.15) is 33.1 Å². The molecule has 62 valence electrons. The predicted molar refractivity (Wildman–Crippen MR) is 49.3 cm³/mol. The third-order valence-corrected chi connectivity index (χ3v) is 2.15. The molecule has 0 aliphatic heterocycles. The lowest BCUT2D eigenvalue weighted by atomic mass is 9.93. The fourth-order valence-electron chi connectivity index (χ4n) is 1.50. The van der Waals surface area contributed by atoms with Crippen LogP contribution in [0, 0.1) is 0 Å². The van der Waals surface area contributed by atoms with Crippen LogP contribution in [0.2, 0.25) is 0 Å². The van der Waals surface area contributed by atoms with E-state index < -0.39 is 0 Å². The van der Waals surface area contributed by atoms with Crippen molar-refractivity contribution in [2.75, 3.05) is 0 Å². The summed E-state index contributed by atoms with van der Waals surface area (Å²) in [6.07, 6.45) is 7.78. The van der Waals surface area contributed by atoms with Gasteiger partial charge in [0, 0.05) is 6.04 Å².